The van der Waals surface area contributed by atoms with Crippen molar-refractivity contribution in [3.05, 3.63) is 63.9 Å². The summed E-state index contributed by atoms with van der Waals surface area (Å²) >= 11 is 6.25. The van der Waals surface area contributed by atoms with E-state index in [4.69, 9.17) is 16.6 Å². The summed E-state index contributed by atoms with van der Waals surface area (Å²) in [5.41, 5.74) is 1.18. The van der Waals surface area contributed by atoms with Gasteiger partial charge in [-0.3, -0.25) is 14.3 Å². The van der Waals surface area contributed by atoms with Gasteiger partial charge in [-0.15, -0.1) is 0 Å². The molecule has 0 amide bonds. The van der Waals surface area contributed by atoms with Gasteiger partial charge in [-0.1, -0.05) is 17.7 Å². The average molecular weight is 327 g/mol. The highest BCUT2D eigenvalue weighted by atomic mass is 35.5. The average Bonchev–Trinajstić information content (AvgIpc) is 3.09. The number of halogens is 1. The molecule has 1 fully saturated rings. The van der Waals surface area contributed by atoms with Crippen molar-refractivity contribution in [2.45, 2.75) is 18.9 Å². The Hall–Kier alpha value is -2.24. The zero-order chi connectivity index (χ0) is 15.8. The first-order valence-corrected chi connectivity index (χ1v) is 7.98. The summed E-state index contributed by atoms with van der Waals surface area (Å²) < 4.78 is 1.63. The van der Waals surface area contributed by atoms with E-state index in [1.54, 1.807) is 23.0 Å². The Morgan fingerprint density at radius 2 is 2.17 bits per heavy atom. The fourth-order valence-corrected chi connectivity index (χ4v) is 3.33. The standard InChI is InChI=1S/C17H15ClN4O/c18-12-5-1-6-13-15(12)17(23)22(11-4-2-8-19-10-11)16(21-13)14-7-3-9-20-14/h1-2,4-6,8,10,14,20H,3,7,9H2/t14-/m0/s1. The van der Waals surface area contributed by atoms with Gasteiger partial charge >= 0.3 is 0 Å². The highest BCUT2D eigenvalue weighted by molar-refractivity contribution is 6.35. The normalized spacial score (nSPS) is 17.7. The monoisotopic (exact) mass is 326 g/mol. The van der Waals surface area contributed by atoms with E-state index in [-0.39, 0.29) is 11.6 Å². The zero-order valence-corrected chi connectivity index (χ0v) is 13.1. The van der Waals surface area contributed by atoms with Crippen LogP contribution >= 0.6 is 11.6 Å². The van der Waals surface area contributed by atoms with Gasteiger partial charge in [0.25, 0.3) is 5.56 Å². The molecule has 0 unspecified atom stereocenters. The maximum absolute atomic E-state index is 13.1. The van der Waals surface area contributed by atoms with Gasteiger partial charge in [-0.25, -0.2) is 4.98 Å². The lowest BCUT2D eigenvalue weighted by Gasteiger charge is -2.18. The number of benzene rings is 1. The Morgan fingerprint density at radius 1 is 1.26 bits per heavy atom. The van der Waals surface area contributed by atoms with E-state index in [0.717, 1.165) is 25.2 Å². The molecule has 1 saturated heterocycles. The van der Waals surface area contributed by atoms with Gasteiger partial charge in [0.1, 0.15) is 5.82 Å². The van der Waals surface area contributed by atoms with Crippen LogP contribution in [0.1, 0.15) is 24.7 Å². The number of rotatable bonds is 2. The number of aromatic nitrogens is 3. The van der Waals surface area contributed by atoms with Crippen LogP contribution in [0.3, 0.4) is 0 Å². The van der Waals surface area contributed by atoms with Gasteiger partial charge in [0.2, 0.25) is 0 Å². The predicted octanol–water partition coefficient (Wildman–Crippen LogP) is 2.86. The molecule has 2 aromatic heterocycles. The molecule has 0 bridgehead atoms. The Labute approximate surface area is 138 Å². The Morgan fingerprint density at radius 3 is 2.91 bits per heavy atom. The molecule has 1 aromatic carbocycles. The molecule has 1 aliphatic rings. The maximum atomic E-state index is 13.1. The third-order valence-electron chi connectivity index (χ3n) is 4.15. The van der Waals surface area contributed by atoms with E-state index in [9.17, 15) is 4.79 Å². The molecule has 1 N–H and O–H groups in total. The lowest BCUT2D eigenvalue weighted by atomic mass is 10.1. The van der Waals surface area contributed by atoms with Crippen molar-refractivity contribution in [2.75, 3.05) is 6.54 Å². The first-order valence-electron chi connectivity index (χ1n) is 7.60. The molecule has 0 aliphatic carbocycles. The molecule has 116 valence electrons. The predicted molar refractivity (Wildman–Crippen MR) is 90.1 cm³/mol. The summed E-state index contributed by atoms with van der Waals surface area (Å²) in [6.45, 7) is 0.932. The number of fused-ring (bicyclic) bond motifs is 1. The van der Waals surface area contributed by atoms with E-state index >= 15 is 0 Å². The van der Waals surface area contributed by atoms with Gasteiger partial charge in [-0.2, -0.15) is 0 Å². The minimum atomic E-state index is -0.155. The summed E-state index contributed by atoms with van der Waals surface area (Å²) in [4.78, 5) is 22.0. The fourth-order valence-electron chi connectivity index (χ4n) is 3.08. The van der Waals surface area contributed by atoms with Gasteiger partial charge in [-0.05, 0) is 43.7 Å². The number of nitrogens with zero attached hydrogens (tertiary/aromatic N) is 3. The molecule has 5 nitrogen and oxygen atoms in total. The largest absolute Gasteiger partial charge is 0.307 e. The summed E-state index contributed by atoms with van der Waals surface area (Å²) in [7, 11) is 0. The van der Waals surface area contributed by atoms with Crippen LogP contribution in [-0.4, -0.2) is 21.1 Å². The van der Waals surface area contributed by atoms with E-state index in [1.165, 1.54) is 0 Å². The molecule has 3 heterocycles. The van der Waals surface area contributed by atoms with Crippen LogP contribution in [0.15, 0.2) is 47.5 Å². The van der Waals surface area contributed by atoms with E-state index in [0.29, 0.717) is 21.6 Å². The zero-order valence-electron chi connectivity index (χ0n) is 12.4. The summed E-state index contributed by atoms with van der Waals surface area (Å²) in [5.74, 6) is 0.718. The van der Waals surface area contributed by atoms with Crippen LogP contribution < -0.4 is 10.9 Å². The molecule has 0 spiro atoms. The first kappa shape index (κ1) is 14.4. The SMILES string of the molecule is O=c1c2c(Cl)cccc2nc([C@@H]2CCCN2)n1-c1cccnc1. The van der Waals surface area contributed by atoms with Gasteiger partial charge in [0.15, 0.2) is 0 Å². The molecule has 0 saturated carbocycles. The van der Waals surface area contributed by atoms with Crippen LogP contribution in [0.5, 0.6) is 0 Å². The van der Waals surface area contributed by atoms with Crippen molar-refractivity contribution in [1.82, 2.24) is 19.9 Å². The lowest BCUT2D eigenvalue weighted by Crippen LogP contribution is -2.29. The fraction of sp³-hybridized carbons (Fsp3) is 0.235. The minimum Gasteiger partial charge on any atom is -0.307 e. The van der Waals surface area contributed by atoms with E-state index in [1.807, 2.05) is 24.3 Å². The van der Waals surface area contributed by atoms with Crippen LogP contribution in [-0.2, 0) is 0 Å². The van der Waals surface area contributed by atoms with Crippen LogP contribution in [0.2, 0.25) is 5.02 Å². The third kappa shape index (κ3) is 2.42. The molecular formula is C17H15ClN4O. The molecule has 1 atom stereocenters. The number of nitrogens with one attached hydrogen (secondary N) is 1. The van der Waals surface area contributed by atoms with Crippen molar-refractivity contribution in [3.8, 4) is 5.69 Å². The van der Waals surface area contributed by atoms with Crippen LogP contribution in [0.4, 0.5) is 0 Å². The topological polar surface area (TPSA) is 59.8 Å². The van der Waals surface area contributed by atoms with Crippen molar-refractivity contribution >= 4 is 22.5 Å². The summed E-state index contributed by atoms with van der Waals surface area (Å²) in [5, 5.41) is 4.28. The number of pyridine rings is 1. The summed E-state index contributed by atoms with van der Waals surface area (Å²) in [6.07, 6.45) is 5.38. The van der Waals surface area contributed by atoms with Crippen LogP contribution in [0.25, 0.3) is 16.6 Å². The molecule has 0 radical (unpaired) electrons. The van der Waals surface area contributed by atoms with Crippen LogP contribution in [0, 0.1) is 0 Å². The Balaban J connectivity index is 2.08. The third-order valence-corrected chi connectivity index (χ3v) is 4.46. The molecule has 23 heavy (non-hydrogen) atoms. The lowest BCUT2D eigenvalue weighted by molar-refractivity contribution is 0.584. The Kier molecular flexibility index (Phi) is 3.59. The molecule has 6 heteroatoms. The second kappa shape index (κ2) is 5.76. The van der Waals surface area contributed by atoms with Crippen molar-refractivity contribution in [2.24, 2.45) is 0 Å². The van der Waals surface area contributed by atoms with Crippen molar-refractivity contribution in [1.29, 1.82) is 0 Å². The molecular weight excluding hydrogens is 312 g/mol. The summed E-state index contributed by atoms with van der Waals surface area (Å²) in [6, 6.07) is 9.09. The molecule has 1 aliphatic heterocycles. The highest BCUT2D eigenvalue weighted by Crippen LogP contribution is 2.26. The number of hydrogen-bond donors (Lipinski definition) is 1. The smallest absolute Gasteiger partial charge is 0.267 e. The molecule has 3 aromatic rings. The van der Waals surface area contributed by atoms with Gasteiger partial charge in [0.05, 0.1) is 33.9 Å². The van der Waals surface area contributed by atoms with E-state index < -0.39 is 0 Å². The second-order valence-corrected chi connectivity index (χ2v) is 6.01. The highest BCUT2D eigenvalue weighted by Gasteiger charge is 2.24. The van der Waals surface area contributed by atoms with Crippen molar-refractivity contribution in [3.63, 3.8) is 0 Å². The van der Waals surface area contributed by atoms with Gasteiger partial charge < -0.3 is 5.32 Å². The number of hydrogen-bond acceptors (Lipinski definition) is 4. The Bertz CT molecular complexity index is 917. The molecule has 4 rings (SSSR count). The quantitative estimate of drug-likeness (QED) is 0.786. The van der Waals surface area contributed by atoms with Gasteiger partial charge in [0, 0.05) is 6.20 Å². The first-order chi connectivity index (χ1) is 11.3. The van der Waals surface area contributed by atoms with E-state index in [2.05, 4.69) is 10.3 Å². The second-order valence-electron chi connectivity index (χ2n) is 5.60. The maximum Gasteiger partial charge on any atom is 0.267 e. The van der Waals surface area contributed by atoms with Crippen molar-refractivity contribution < 1.29 is 0 Å². The minimum absolute atomic E-state index is 0.0614.